The Balaban J connectivity index is 2.32. The Labute approximate surface area is 85.2 Å². The number of rotatable bonds is 1. The summed E-state index contributed by atoms with van der Waals surface area (Å²) >= 11 is 3.32. The molecule has 4 heteroatoms. The normalized spacial score (nSPS) is 18.0. The van der Waals surface area contributed by atoms with E-state index in [0.717, 1.165) is 15.9 Å². The number of nitrogens with zero attached hydrogens (tertiary/aromatic N) is 1. The molecule has 0 spiro atoms. The van der Waals surface area contributed by atoms with Gasteiger partial charge in [-0.1, -0.05) is 6.07 Å². The monoisotopic (exact) mass is 243 g/mol. The number of ether oxygens (including phenoxy) is 2. The Morgan fingerprint density at radius 3 is 2.77 bits per heavy atom. The Bertz CT molecular complexity index is 310. The second-order valence-electron chi connectivity index (χ2n) is 2.91. The Hall–Kier alpha value is -0.450. The van der Waals surface area contributed by atoms with E-state index in [1.54, 1.807) is 0 Å². The molecule has 0 aromatic carbocycles. The van der Waals surface area contributed by atoms with E-state index in [2.05, 4.69) is 20.9 Å². The van der Waals surface area contributed by atoms with E-state index in [4.69, 9.17) is 9.47 Å². The summed E-state index contributed by atoms with van der Waals surface area (Å²) in [4.78, 5) is 4.32. The van der Waals surface area contributed by atoms with Crippen LogP contribution < -0.4 is 0 Å². The van der Waals surface area contributed by atoms with Gasteiger partial charge < -0.3 is 9.47 Å². The Morgan fingerprint density at radius 2 is 2.08 bits per heavy atom. The maximum Gasteiger partial charge on any atom is 0.201 e. The first-order valence-corrected chi connectivity index (χ1v) is 4.93. The fourth-order valence-electron chi connectivity index (χ4n) is 1.27. The van der Waals surface area contributed by atoms with Gasteiger partial charge in [0.2, 0.25) is 6.29 Å². The zero-order chi connectivity index (χ0) is 9.26. The van der Waals surface area contributed by atoms with Gasteiger partial charge in [-0.15, -0.1) is 0 Å². The Morgan fingerprint density at radius 1 is 1.38 bits per heavy atom. The lowest BCUT2D eigenvalue weighted by molar-refractivity contribution is -0.0478. The number of halogens is 1. The molecule has 0 amide bonds. The summed E-state index contributed by atoms with van der Waals surface area (Å²) in [6, 6.07) is 3.91. The molecule has 0 atom stereocenters. The molecule has 0 radical (unpaired) electrons. The van der Waals surface area contributed by atoms with Crippen LogP contribution in [-0.4, -0.2) is 18.2 Å². The van der Waals surface area contributed by atoms with Gasteiger partial charge in [0, 0.05) is 0 Å². The first-order chi connectivity index (χ1) is 6.27. The quantitative estimate of drug-likeness (QED) is 0.709. The standard InChI is InChI=1S/C9H10BrNO2/c1-6-2-3-7(10)11-8(6)9-12-4-5-13-9/h2-3,9H,4-5H2,1H3. The van der Waals surface area contributed by atoms with Crippen molar-refractivity contribution in [2.45, 2.75) is 13.2 Å². The highest BCUT2D eigenvalue weighted by molar-refractivity contribution is 9.10. The first-order valence-electron chi connectivity index (χ1n) is 4.13. The van der Waals surface area contributed by atoms with E-state index in [1.165, 1.54) is 0 Å². The van der Waals surface area contributed by atoms with Crippen LogP contribution in [0.2, 0.25) is 0 Å². The van der Waals surface area contributed by atoms with Crippen molar-refractivity contribution in [1.82, 2.24) is 4.98 Å². The van der Waals surface area contributed by atoms with Crippen LogP contribution in [0.3, 0.4) is 0 Å². The molecule has 0 unspecified atom stereocenters. The van der Waals surface area contributed by atoms with E-state index in [1.807, 2.05) is 19.1 Å². The first kappa shape index (κ1) is 9.12. The lowest BCUT2D eigenvalue weighted by atomic mass is 10.2. The second kappa shape index (κ2) is 3.74. The molecule has 0 bridgehead atoms. The Kier molecular flexibility index (Phi) is 2.62. The SMILES string of the molecule is Cc1ccc(Br)nc1C1OCCO1. The van der Waals surface area contributed by atoms with Crippen molar-refractivity contribution in [3.63, 3.8) is 0 Å². The topological polar surface area (TPSA) is 31.4 Å². The number of hydrogen-bond acceptors (Lipinski definition) is 3. The van der Waals surface area contributed by atoms with Gasteiger partial charge >= 0.3 is 0 Å². The van der Waals surface area contributed by atoms with E-state index in [-0.39, 0.29) is 6.29 Å². The van der Waals surface area contributed by atoms with E-state index in [0.29, 0.717) is 13.2 Å². The summed E-state index contributed by atoms with van der Waals surface area (Å²) in [5.41, 5.74) is 1.96. The number of aryl methyl sites for hydroxylation is 1. The zero-order valence-electron chi connectivity index (χ0n) is 7.29. The molecule has 13 heavy (non-hydrogen) atoms. The molecule has 1 saturated heterocycles. The highest BCUT2D eigenvalue weighted by Gasteiger charge is 2.21. The van der Waals surface area contributed by atoms with Gasteiger partial charge in [-0.2, -0.15) is 0 Å². The summed E-state index contributed by atoms with van der Waals surface area (Å²) in [5, 5.41) is 0. The molecule has 70 valence electrons. The van der Waals surface area contributed by atoms with Crippen molar-refractivity contribution >= 4 is 15.9 Å². The van der Waals surface area contributed by atoms with Crippen molar-refractivity contribution in [2.75, 3.05) is 13.2 Å². The fourth-order valence-corrected chi connectivity index (χ4v) is 1.60. The average Bonchev–Trinajstić information content (AvgIpc) is 2.61. The minimum absolute atomic E-state index is 0.280. The largest absolute Gasteiger partial charge is 0.345 e. The summed E-state index contributed by atoms with van der Waals surface area (Å²) in [5.74, 6) is 0. The van der Waals surface area contributed by atoms with Gasteiger partial charge in [0.25, 0.3) is 0 Å². The molecule has 0 aliphatic carbocycles. The summed E-state index contributed by atoms with van der Waals surface area (Å²) < 4.78 is 11.6. The summed E-state index contributed by atoms with van der Waals surface area (Å²) in [7, 11) is 0. The lowest BCUT2D eigenvalue weighted by Crippen LogP contribution is -2.03. The van der Waals surface area contributed by atoms with Crippen molar-refractivity contribution in [1.29, 1.82) is 0 Å². The molecule has 3 nitrogen and oxygen atoms in total. The molecule has 1 fully saturated rings. The third-order valence-corrected chi connectivity index (χ3v) is 2.39. The van der Waals surface area contributed by atoms with Gasteiger partial charge in [-0.05, 0) is 34.5 Å². The minimum atomic E-state index is -0.280. The molecule has 2 rings (SSSR count). The highest BCUT2D eigenvalue weighted by atomic mass is 79.9. The van der Waals surface area contributed by atoms with Crippen molar-refractivity contribution in [2.24, 2.45) is 0 Å². The van der Waals surface area contributed by atoms with Gasteiger partial charge in [0.05, 0.1) is 13.2 Å². The number of aromatic nitrogens is 1. The van der Waals surface area contributed by atoms with Crippen LogP contribution >= 0.6 is 15.9 Å². The van der Waals surface area contributed by atoms with Crippen LogP contribution in [-0.2, 0) is 9.47 Å². The highest BCUT2D eigenvalue weighted by Crippen LogP contribution is 2.25. The molecule has 1 aliphatic rings. The fraction of sp³-hybridized carbons (Fsp3) is 0.444. The maximum atomic E-state index is 5.37. The van der Waals surface area contributed by atoms with Crippen LogP contribution in [0, 0.1) is 6.92 Å². The summed E-state index contributed by atoms with van der Waals surface area (Å²) in [6.07, 6.45) is -0.280. The van der Waals surface area contributed by atoms with Crippen LogP contribution in [0.15, 0.2) is 16.7 Å². The zero-order valence-corrected chi connectivity index (χ0v) is 8.87. The molecular weight excluding hydrogens is 234 g/mol. The third kappa shape index (κ3) is 1.90. The minimum Gasteiger partial charge on any atom is -0.345 e. The smallest absolute Gasteiger partial charge is 0.201 e. The van der Waals surface area contributed by atoms with Crippen LogP contribution in [0.4, 0.5) is 0 Å². The maximum absolute atomic E-state index is 5.37. The predicted molar refractivity (Wildman–Crippen MR) is 51.3 cm³/mol. The molecule has 1 aliphatic heterocycles. The average molecular weight is 244 g/mol. The summed E-state index contributed by atoms with van der Waals surface area (Å²) in [6.45, 7) is 3.30. The van der Waals surface area contributed by atoms with Crippen LogP contribution in [0.5, 0.6) is 0 Å². The molecule has 1 aromatic rings. The second-order valence-corrected chi connectivity index (χ2v) is 3.72. The van der Waals surface area contributed by atoms with Gasteiger partial charge in [0.15, 0.2) is 0 Å². The molecule has 1 aromatic heterocycles. The van der Waals surface area contributed by atoms with Crippen LogP contribution in [0.1, 0.15) is 17.5 Å². The van der Waals surface area contributed by atoms with Crippen molar-refractivity contribution < 1.29 is 9.47 Å². The molecule has 2 heterocycles. The van der Waals surface area contributed by atoms with Crippen molar-refractivity contribution in [3.05, 3.63) is 28.0 Å². The van der Waals surface area contributed by atoms with Gasteiger partial charge in [-0.25, -0.2) is 4.98 Å². The van der Waals surface area contributed by atoms with E-state index >= 15 is 0 Å². The van der Waals surface area contributed by atoms with E-state index in [9.17, 15) is 0 Å². The van der Waals surface area contributed by atoms with Gasteiger partial charge in [0.1, 0.15) is 10.3 Å². The van der Waals surface area contributed by atoms with E-state index < -0.39 is 0 Å². The predicted octanol–water partition coefficient (Wildman–Crippen LogP) is 2.20. The van der Waals surface area contributed by atoms with Crippen molar-refractivity contribution in [3.8, 4) is 0 Å². The molecule has 0 saturated carbocycles. The molecular formula is C9H10BrNO2. The van der Waals surface area contributed by atoms with Crippen LogP contribution in [0.25, 0.3) is 0 Å². The molecule has 0 N–H and O–H groups in total. The lowest BCUT2D eigenvalue weighted by Gasteiger charge is -2.10. The van der Waals surface area contributed by atoms with Gasteiger partial charge in [-0.3, -0.25) is 0 Å². The third-order valence-electron chi connectivity index (χ3n) is 1.95. The number of hydrogen-bond donors (Lipinski definition) is 0. The number of pyridine rings is 1.